The second-order valence-electron chi connectivity index (χ2n) is 10.7. The summed E-state index contributed by atoms with van der Waals surface area (Å²) in [7, 11) is 0. The van der Waals surface area contributed by atoms with Crippen LogP contribution < -0.4 is 11.5 Å². The van der Waals surface area contributed by atoms with Crippen LogP contribution in [-0.4, -0.2) is 25.8 Å². The zero-order valence-electron chi connectivity index (χ0n) is 25.4. The molecule has 0 bridgehead atoms. The van der Waals surface area contributed by atoms with Crippen LogP contribution in [0.25, 0.3) is 44.7 Å². The number of nitrogens with zero attached hydrogens (tertiary/aromatic N) is 5. The summed E-state index contributed by atoms with van der Waals surface area (Å²) in [5, 5.41) is 2.59. The molecule has 4 heterocycles. The number of hydrogen-bond acceptors (Lipinski definition) is 6. The Labute approximate surface area is 268 Å². The molecule has 0 fully saturated rings. The Balaban J connectivity index is 0.000000185. The van der Waals surface area contributed by atoms with Gasteiger partial charge in [0.15, 0.2) is 0 Å². The van der Waals surface area contributed by atoms with E-state index in [4.69, 9.17) is 11.5 Å². The molecule has 0 saturated carbocycles. The summed E-state index contributed by atoms with van der Waals surface area (Å²) in [6.45, 7) is 2.12. The van der Waals surface area contributed by atoms with Crippen LogP contribution in [0.2, 0.25) is 0 Å². The van der Waals surface area contributed by atoms with Crippen LogP contribution >= 0.6 is 0 Å². The molecule has 4 aromatic heterocycles. The third-order valence-corrected chi connectivity index (χ3v) is 7.35. The lowest BCUT2D eigenvalue weighted by Gasteiger charge is -2.10. The molecule has 0 aliphatic carbocycles. The zero-order valence-corrected chi connectivity index (χ0v) is 25.4. The first kappa shape index (κ1) is 30.0. The molecule has 0 radical (unpaired) electrons. The van der Waals surface area contributed by atoms with Gasteiger partial charge in [0.1, 0.15) is 17.7 Å². The van der Waals surface area contributed by atoms with Crippen LogP contribution in [0.15, 0.2) is 157 Å². The molecule has 1 unspecified atom stereocenters. The molecule has 224 valence electrons. The number of pyridine rings is 4. The lowest BCUT2D eigenvalue weighted by atomic mass is 10.0. The van der Waals surface area contributed by atoms with Gasteiger partial charge in [-0.2, -0.15) is 0 Å². The first-order valence-electron chi connectivity index (χ1n) is 15.0. The molecule has 0 amide bonds. The molecule has 7 heteroatoms. The summed E-state index contributed by atoms with van der Waals surface area (Å²) >= 11 is 0. The van der Waals surface area contributed by atoms with E-state index < -0.39 is 6.17 Å². The van der Waals surface area contributed by atoms with Gasteiger partial charge in [-0.25, -0.2) is 15.0 Å². The van der Waals surface area contributed by atoms with E-state index in [-0.39, 0.29) is 5.84 Å². The largest absolute Gasteiger partial charge is 0.382 e. The maximum Gasteiger partial charge on any atom is 0.146 e. The maximum atomic E-state index is 6.24. The number of nitrogens with two attached hydrogens (primary N) is 2. The minimum atomic E-state index is -0.723. The van der Waals surface area contributed by atoms with Crippen LogP contribution in [0.1, 0.15) is 23.1 Å². The van der Waals surface area contributed by atoms with Gasteiger partial charge in [0.05, 0.1) is 28.5 Å². The van der Waals surface area contributed by atoms with Crippen LogP contribution in [-0.2, 0) is 0 Å². The van der Waals surface area contributed by atoms with Crippen molar-refractivity contribution < 1.29 is 0 Å². The molecule has 1 atom stereocenters. The Kier molecular flexibility index (Phi) is 9.23. The van der Waals surface area contributed by atoms with Gasteiger partial charge in [0.2, 0.25) is 0 Å². The Morgan fingerprint density at radius 3 is 1.83 bits per heavy atom. The summed E-state index contributed by atoms with van der Waals surface area (Å²) < 4.78 is 0. The standard InChI is InChI=1S/C22H19N7.C17H14/c23-21(19-11-5-9-17(27-19)15-7-1-3-13-25-15)29-22(24)20-12-6-10-18(28-20)16-8-2-4-14-26-16;1-13-6-8-15(9-7-13)17-11-10-14-4-2-3-5-16(14)12-17/h1-14,21H,23H2,(H2,24,29);2-12H,1H3. The molecule has 3 aromatic carbocycles. The highest BCUT2D eigenvalue weighted by atomic mass is 15.0. The van der Waals surface area contributed by atoms with Crippen molar-refractivity contribution in [2.45, 2.75) is 13.1 Å². The van der Waals surface area contributed by atoms with E-state index in [1.54, 1.807) is 18.5 Å². The van der Waals surface area contributed by atoms with Crippen LogP contribution in [0.5, 0.6) is 0 Å². The van der Waals surface area contributed by atoms with Gasteiger partial charge >= 0.3 is 0 Å². The Morgan fingerprint density at radius 1 is 0.565 bits per heavy atom. The number of rotatable bonds is 6. The average molecular weight is 600 g/mol. The minimum Gasteiger partial charge on any atom is -0.382 e. The van der Waals surface area contributed by atoms with Crippen LogP contribution in [0.3, 0.4) is 0 Å². The van der Waals surface area contributed by atoms with E-state index in [2.05, 4.69) is 98.6 Å². The second-order valence-corrected chi connectivity index (χ2v) is 10.7. The molecule has 0 aliphatic rings. The van der Waals surface area contributed by atoms with Crippen molar-refractivity contribution in [3.8, 4) is 33.9 Å². The van der Waals surface area contributed by atoms with Gasteiger partial charge in [-0.1, -0.05) is 90.5 Å². The van der Waals surface area contributed by atoms with Crippen molar-refractivity contribution in [1.29, 1.82) is 0 Å². The van der Waals surface area contributed by atoms with E-state index in [1.807, 2.05) is 66.7 Å². The third-order valence-electron chi connectivity index (χ3n) is 7.35. The van der Waals surface area contributed by atoms with Crippen molar-refractivity contribution in [3.05, 3.63) is 169 Å². The van der Waals surface area contributed by atoms with Gasteiger partial charge in [0.25, 0.3) is 0 Å². The monoisotopic (exact) mass is 599 g/mol. The number of fused-ring (bicyclic) bond motifs is 1. The van der Waals surface area contributed by atoms with E-state index >= 15 is 0 Å². The number of aromatic nitrogens is 4. The summed E-state index contributed by atoms with van der Waals surface area (Å²) in [5.74, 6) is 0.236. The van der Waals surface area contributed by atoms with Gasteiger partial charge in [0, 0.05) is 12.4 Å². The summed E-state index contributed by atoms with van der Waals surface area (Å²) in [6.07, 6.45) is 2.72. The SMILES string of the molecule is Cc1ccc(-c2ccc3ccccc3c2)cc1.N/C(=N\C(N)c1cccc(-c2ccccn2)n1)c1cccc(-c2ccccn2)n1. The lowest BCUT2D eigenvalue weighted by Crippen LogP contribution is -2.20. The molecule has 7 nitrogen and oxygen atoms in total. The predicted molar refractivity (Wildman–Crippen MR) is 187 cm³/mol. The number of aryl methyl sites for hydroxylation is 1. The summed E-state index contributed by atoms with van der Waals surface area (Å²) in [4.78, 5) is 22.1. The highest BCUT2D eigenvalue weighted by molar-refractivity contribution is 5.96. The fourth-order valence-corrected chi connectivity index (χ4v) is 4.90. The molecule has 7 aromatic rings. The predicted octanol–water partition coefficient (Wildman–Crippen LogP) is 7.78. The number of benzene rings is 3. The van der Waals surface area contributed by atoms with E-state index in [9.17, 15) is 0 Å². The van der Waals surface area contributed by atoms with Crippen LogP contribution in [0.4, 0.5) is 0 Å². The molecular formula is C39H33N7. The highest BCUT2D eigenvalue weighted by Gasteiger charge is 2.11. The first-order chi connectivity index (χ1) is 22.5. The van der Waals surface area contributed by atoms with Gasteiger partial charge in [-0.05, 0) is 83.4 Å². The minimum absolute atomic E-state index is 0.236. The number of amidine groups is 1. The van der Waals surface area contributed by atoms with E-state index in [1.165, 1.54) is 27.5 Å². The molecule has 0 spiro atoms. The maximum absolute atomic E-state index is 6.24. The smallest absolute Gasteiger partial charge is 0.146 e. The van der Waals surface area contributed by atoms with Crippen molar-refractivity contribution in [2.75, 3.05) is 0 Å². The molecule has 0 saturated heterocycles. The Morgan fingerprint density at radius 2 is 1.15 bits per heavy atom. The number of aliphatic imine (C=N–C) groups is 1. The molecule has 46 heavy (non-hydrogen) atoms. The van der Waals surface area contributed by atoms with Crippen molar-refractivity contribution >= 4 is 16.6 Å². The van der Waals surface area contributed by atoms with E-state index in [0.29, 0.717) is 17.1 Å². The van der Waals surface area contributed by atoms with Crippen LogP contribution in [0, 0.1) is 6.92 Å². The molecule has 7 rings (SSSR count). The fourth-order valence-electron chi connectivity index (χ4n) is 4.90. The topological polar surface area (TPSA) is 116 Å². The zero-order chi connectivity index (χ0) is 31.7. The quantitative estimate of drug-likeness (QED) is 0.149. The Hall–Kier alpha value is -6.05. The fraction of sp³-hybridized carbons (Fsp3) is 0.0513. The van der Waals surface area contributed by atoms with Crippen molar-refractivity contribution in [1.82, 2.24) is 19.9 Å². The third kappa shape index (κ3) is 7.35. The molecule has 0 aliphatic heterocycles. The van der Waals surface area contributed by atoms with E-state index in [0.717, 1.165) is 17.1 Å². The average Bonchev–Trinajstić information content (AvgIpc) is 3.13. The highest BCUT2D eigenvalue weighted by Crippen LogP contribution is 2.25. The first-order valence-corrected chi connectivity index (χ1v) is 15.0. The lowest BCUT2D eigenvalue weighted by molar-refractivity contribution is 0.743. The molecular weight excluding hydrogens is 566 g/mol. The van der Waals surface area contributed by atoms with Crippen molar-refractivity contribution in [2.24, 2.45) is 16.5 Å². The normalized spacial score (nSPS) is 11.8. The van der Waals surface area contributed by atoms with Gasteiger partial charge < -0.3 is 11.5 Å². The second kappa shape index (κ2) is 14.2. The Bertz CT molecular complexity index is 2080. The van der Waals surface area contributed by atoms with Gasteiger partial charge in [-0.15, -0.1) is 0 Å². The number of hydrogen-bond donors (Lipinski definition) is 2. The van der Waals surface area contributed by atoms with Gasteiger partial charge in [-0.3, -0.25) is 9.97 Å². The molecule has 4 N–H and O–H groups in total. The van der Waals surface area contributed by atoms with Crippen molar-refractivity contribution in [3.63, 3.8) is 0 Å². The summed E-state index contributed by atoms with van der Waals surface area (Å²) in [5.41, 5.74) is 20.4. The summed E-state index contributed by atoms with van der Waals surface area (Å²) in [6, 6.07) is 46.2.